The van der Waals surface area contributed by atoms with Crippen LogP contribution in [0.15, 0.2) is 18.2 Å². The first kappa shape index (κ1) is 19.1. The van der Waals surface area contributed by atoms with Gasteiger partial charge in [-0.3, -0.25) is 9.59 Å². The number of rotatable bonds is 10. The number of hydrogen-bond acceptors (Lipinski definition) is 4. The highest BCUT2D eigenvalue weighted by Crippen LogP contribution is 2.46. The van der Waals surface area contributed by atoms with Gasteiger partial charge in [-0.1, -0.05) is 19.9 Å². The van der Waals surface area contributed by atoms with Crippen LogP contribution in [0.5, 0.6) is 11.5 Å². The molecule has 2 rings (SSSR count). The number of amides is 1. The molecule has 1 saturated carbocycles. The number of carboxylic acid groups (broad SMARTS) is 1. The summed E-state index contributed by atoms with van der Waals surface area (Å²) in [5, 5.41) is 12.0. The van der Waals surface area contributed by atoms with E-state index >= 15 is 0 Å². The van der Waals surface area contributed by atoms with Gasteiger partial charge in [-0.2, -0.15) is 0 Å². The number of hydrogen-bond donors (Lipinski definition) is 2. The fourth-order valence-electron chi connectivity index (χ4n) is 2.53. The Morgan fingerprint density at radius 1 is 1.16 bits per heavy atom. The van der Waals surface area contributed by atoms with Crippen LogP contribution in [0, 0.1) is 5.41 Å². The van der Waals surface area contributed by atoms with Crippen molar-refractivity contribution < 1.29 is 24.2 Å². The Bertz CT molecular complexity index is 624. The van der Waals surface area contributed by atoms with Gasteiger partial charge in [0.05, 0.1) is 19.3 Å². The maximum atomic E-state index is 12.3. The molecule has 25 heavy (non-hydrogen) atoms. The monoisotopic (exact) mass is 349 g/mol. The van der Waals surface area contributed by atoms with E-state index in [1.807, 2.05) is 39.0 Å². The second-order valence-electron chi connectivity index (χ2n) is 6.49. The lowest BCUT2D eigenvalue weighted by Crippen LogP contribution is -2.38. The van der Waals surface area contributed by atoms with Gasteiger partial charge in [0.1, 0.15) is 5.41 Å². The second-order valence-corrected chi connectivity index (χ2v) is 6.49. The summed E-state index contributed by atoms with van der Waals surface area (Å²) in [5.74, 6) is -0.141. The highest BCUT2D eigenvalue weighted by atomic mass is 16.5. The van der Waals surface area contributed by atoms with Crippen molar-refractivity contribution in [3.63, 3.8) is 0 Å². The van der Waals surface area contributed by atoms with Crippen LogP contribution in [0.2, 0.25) is 0 Å². The molecule has 6 nitrogen and oxygen atoms in total. The smallest absolute Gasteiger partial charge is 0.319 e. The highest BCUT2D eigenvalue weighted by molar-refractivity contribution is 6.04. The minimum atomic E-state index is -1.24. The van der Waals surface area contributed by atoms with Crippen LogP contribution in [-0.4, -0.2) is 30.2 Å². The molecule has 0 aliphatic heterocycles. The van der Waals surface area contributed by atoms with Crippen molar-refractivity contribution in [3.8, 4) is 11.5 Å². The lowest BCUT2D eigenvalue weighted by molar-refractivity contribution is -0.149. The maximum Gasteiger partial charge on any atom is 0.319 e. The number of benzene rings is 1. The van der Waals surface area contributed by atoms with Gasteiger partial charge in [0.15, 0.2) is 11.5 Å². The summed E-state index contributed by atoms with van der Waals surface area (Å²) in [4.78, 5) is 23.5. The van der Waals surface area contributed by atoms with Gasteiger partial charge in [0.25, 0.3) is 0 Å². The van der Waals surface area contributed by atoms with Crippen LogP contribution in [0.3, 0.4) is 0 Å². The third-order valence-electron chi connectivity index (χ3n) is 4.33. The topological polar surface area (TPSA) is 84.9 Å². The SMILES string of the molecule is CCCOc1ccc(C(C)NC(=O)C2(C(=O)O)CC2)cc1OCCC. The average molecular weight is 349 g/mol. The molecule has 1 amide bonds. The normalized spacial score (nSPS) is 16.0. The number of nitrogens with one attached hydrogen (secondary N) is 1. The van der Waals surface area contributed by atoms with Gasteiger partial charge in [0, 0.05) is 0 Å². The Kier molecular flexibility index (Phi) is 6.28. The predicted octanol–water partition coefficient (Wildman–Crippen LogP) is 3.31. The van der Waals surface area contributed by atoms with Crippen molar-refractivity contribution in [1.82, 2.24) is 5.32 Å². The molecule has 1 aromatic rings. The number of ether oxygens (including phenoxy) is 2. The fraction of sp³-hybridized carbons (Fsp3) is 0.579. The summed E-state index contributed by atoms with van der Waals surface area (Å²) in [6.07, 6.45) is 2.58. The molecule has 0 heterocycles. The zero-order chi connectivity index (χ0) is 18.4. The molecule has 1 aliphatic rings. The zero-order valence-corrected chi connectivity index (χ0v) is 15.1. The molecule has 1 unspecified atom stereocenters. The first-order chi connectivity index (χ1) is 11.9. The number of aliphatic carboxylic acids is 1. The van der Waals surface area contributed by atoms with E-state index in [0.29, 0.717) is 37.6 Å². The van der Waals surface area contributed by atoms with Crippen LogP contribution in [-0.2, 0) is 9.59 Å². The summed E-state index contributed by atoms with van der Waals surface area (Å²) in [5.41, 5.74) is -0.385. The van der Waals surface area contributed by atoms with E-state index in [2.05, 4.69) is 5.32 Å². The van der Waals surface area contributed by atoms with Gasteiger partial charge in [-0.05, 0) is 50.3 Å². The molecule has 1 atom stereocenters. The molecule has 2 N–H and O–H groups in total. The number of carboxylic acids is 1. The molecule has 1 fully saturated rings. The van der Waals surface area contributed by atoms with Gasteiger partial charge >= 0.3 is 5.97 Å². The number of carbonyl (C=O) groups excluding carboxylic acids is 1. The fourth-order valence-corrected chi connectivity index (χ4v) is 2.53. The van der Waals surface area contributed by atoms with Gasteiger partial charge in [0.2, 0.25) is 5.91 Å². The van der Waals surface area contributed by atoms with Crippen molar-refractivity contribution in [2.75, 3.05) is 13.2 Å². The van der Waals surface area contributed by atoms with Crippen LogP contribution in [0.1, 0.15) is 58.1 Å². The van der Waals surface area contributed by atoms with Crippen molar-refractivity contribution in [2.45, 2.75) is 52.5 Å². The van der Waals surface area contributed by atoms with E-state index in [4.69, 9.17) is 9.47 Å². The lowest BCUT2D eigenvalue weighted by atomic mass is 10.0. The number of carbonyl (C=O) groups is 2. The molecule has 1 aliphatic carbocycles. The predicted molar refractivity (Wildman–Crippen MR) is 93.9 cm³/mol. The Balaban J connectivity index is 2.11. The van der Waals surface area contributed by atoms with Crippen LogP contribution >= 0.6 is 0 Å². The molecule has 0 spiro atoms. The summed E-state index contributed by atoms with van der Waals surface area (Å²) in [6.45, 7) is 7.08. The molecule has 0 saturated heterocycles. The maximum absolute atomic E-state index is 12.3. The summed E-state index contributed by atoms with van der Waals surface area (Å²) >= 11 is 0. The minimum absolute atomic E-state index is 0.312. The van der Waals surface area contributed by atoms with Gasteiger partial charge in [-0.25, -0.2) is 0 Å². The van der Waals surface area contributed by atoms with Crippen LogP contribution in [0.25, 0.3) is 0 Å². The van der Waals surface area contributed by atoms with Crippen molar-refractivity contribution >= 4 is 11.9 Å². The first-order valence-electron chi connectivity index (χ1n) is 8.88. The second kappa shape index (κ2) is 8.23. The van der Waals surface area contributed by atoms with E-state index in [0.717, 1.165) is 18.4 Å². The first-order valence-corrected chi connectivity index (χ1v) is 8.88. The molecule has 6 heteroatoms. The average Bonchev–Trinajstić information content (AvgIpc) is 3.40. The van der Waals surface area contributed by atoms with E-state index in [-0.39, 0.29) is 6.04 Å². The Morgan fingerprint density at radius 3 is 2.28 bits per heavy atom. The molecule has 0 bridgehead atoms. The van der Waals surface area contributed by atoms with E-state index in [1.165, 1.54) is 0 Å². The van der Waals surface area contributed by atoms with Gasteiger partial charge < -0.3 is 19.9 Å². The quantitative estimate of drug-likeness (QED) is 0.633. The third kappa shape index (κ3) is 4.44. The standard InChI is InChI=1S/C19H27NO5/c1-4-10-24-15-7-6-14(12-16(15)25-11-5-2)13(3)20-17(21)19(8-9-19)18(22)23/h6-7,12-13H,4-5,8-11H2,1-3H3,(H,20,21)(H,22,23). The van der Waals surface area contributed by atoms with Crippen LogP contribution < -0.4 is 14.8 Å². The summed E-state index contributed by atoms with van der Waals surface area (Å²) < 4.78 is 11.5. The Morgan fingerprint density at radius 2 is 1.76 bits per heavy atom. The van der Waals surface area contributed by atoms with Crippen molar-refractivity contribution in [3.05, 3.63) is 23.8 Å². The molecule has 1 aromatic carbocycles. The lowest BCUT2D eigenvalue weighted by Gasteiger charge is -2.19. The minimum Gasteiger partial charge on any atom is -0.490 e. The zero-order valence-electron chi connectivity index (χ0n) is 15.1. The Labute approximate surface area is 148 Å². The van der Waals surface area contributed by atoms with Crippen molar-refractivity contribution in [2.24, 2.45) is 5.41 Å². The van der Waals surface area contributed by atoms with E-state index in [9.17, 15) is 14.7 Å². The van der Waals surface area contributed by atoms with E-state index in [1.54, 1.807) is 0 Å². The summed E-state index contributed by atoms with van der Waals surface area (Å²) in [7, 11) is 0. The van der Waals surface area contributed by atoms with Crippen molar-refractivity contribution in [1.29, 1.82) is 0 Å². The Hall–Kier alpha value is -2.24. The molecule has 0 radical (unpaired) electrons. The summed E-state index contributed by atoms with van der Waals surface area (Å²) in [6, 6.07) is 5.25. The molecule has 0 aromatic heterocycles. The molecule has 138 valence electrons. The molecular formula is C19H27NO5. The van der Waals surface area contributed by atoms with E-state index < -0.39 is 17.3 Å². The van der Waals surface area contributed by atoms with Gasteiger partial charge in [-0.15, -0.1) is 0 Å². The third-order valence-corrected chi connectivity index (χ3v) is 4.33. The highest BCUT2D eigenvalue weighted by Gasteiger charge is 2.57. The largest absolute Gasteiger partial charge is 0.490 e. The molecular weight excluding hydrogens is 322 g/mol. The van der Waals surface area contributed by atoms with Crippen LogP contribution in [0.4, 0.5) is 0 Å².